The summed E-state index contributed by atoms with van der Waals surface area (Å²) in [5, 5.41) is 3.58. The second-order valence-corrected chi connectivity index (χ2v) is 8.40. The summed E-state index contributed by atoms with van der Waals surface area (Å²) in [6.07, 6.45) is 5.24. The van der Waals surface area contributed by atoms with Gasteiger partial charge in [0.05, 0.1) is 7.11 Å². The Labute approximate surface area is 176 Å². The first kappa shape index (κ1) is 21.8. The molecular formula is C23H39N5O. The number of likely N-dealkylation sites (tertiary alicyclic amines) is 1. The van der Waals surface area contributed by atoms with Crippen molar-refractivity contribution in [1.29, 1.82) is 0 Å². The van der Waals surface area contributed by atoms with Crippen LogP contribution in [0, 0.1) is 5.92 Å². The minimum absolute atomic E-state index is 0.872. The van der Waals surface area contributed by atoms with E-state index in [1.54, 1.807) is 7.11 Å². The summed E-state index contributed by atoms with van der Waals surface area (Å²) >= 11 is 0. The number of anilines is 1. The second kappa shape index (κ2) is 11.3. The molecule has 2 aliphatic rings. The fourth-order valence-electron chi connectivity index (χ4n) is 4.47. The lowest BCUT2D eigenvalue weighted by molar-refractivity contribution is 0.181. The van der Waals surface area contributed by atoms with Gasteiger partial charge in [0.15, 0.2) is 5.96 Å². The molecule has 6 nitrogen and oxygen atoms in total. The van der Waals surface area contributed by atoms with Crippen LogP contribution in [0.1, 0.15) is 32.6 Å². The summed E-state index contributed by atoms with van der Waals surface area (Å²) in [5.41, 5.74) is 1.24. The van der Waals surface area contributed by atoms with Crippen molar-refractivity contribution in [3.05, 3.63) is 24.3 Å². The number of piperazine rings is 1. The third-order valence-corrected chi connectivity index (χ3v) is 6.13. The monoisotopic (exact) mass is 401 g/mol. The molecule has 0 aromatic heterocycles. The molecule has 2 fully saturated rings. The minimum atomic E-state index is 0.872. The zero-order valence-electron chi connectivity index (χ0n) is 18.6. The number of hydrogen-bond donors (Lipinski definition) is 1. The Morgan fingerprint density at radius 1 is 1.17 bits per heavy atom. The fourth-order valence-corrected chi connectivity index (χ4v) is 4.47. The number of ether oxygens (including phenoxy) is 1. The van der Waals surface area contributed by atoms with Crippen LogP contribution in [0.4, 0.5) is 5.69 Å². The van der Waals surface area contributed by atoms with Crippen LogP contribution in [0.3, 0.4) is 0 Å². The molecule has 0 saturated carbocycles. The molecule has 162 valence electrons. The normalized spacial score (nSPS) is 21.3. The number of methoxy groups -OCH3 is 1. The van der Waals surface area contributed by atoms with E-state index in [4.69, 9.17) is 4.74 Å². The molecule has 0 aliphatic carbocycles. The van der Waals surface area contributed by atoms with E-state index in [0.29, 0.717) is 0 Å². The van der Waals surface area contributed by atoms with Gasteiger partial charge >= 0.3 is 0 Å². The highest BCUT2D eigenvalue weighted by molar-refractivity contribution is 5.80. The number of nitrogens with zero attached hydrogens (tertiary/aromatic N) is 4. The zero-order valence-corrected chi connectivity index (χ0v) is 18.6. The van der Waals surface area contributed by atoms with Crippen molar-refractivity contribution < 1.29 is 4.74 Å². The van der Waals surface area contributed by atoms with Crippen LogP contribution >= 0.6 is 0 Å². The van der Waals surface area contributed by atoms with Gasteiger partial charge in [0.1, 0.15) is 5.75 Å². The molecule has 0 radical (unpaired) electrons. The molecule has 6 heteroatoms. The summed E-state index contributed by atoms with van der Waals surface area (Å²) in [4.78, 5) is 12.0. The minimum Gasteiger partial charge on any atom is -0.497 e. The van der Waals surface area contributed by atoms with Crippen molar-refractivity contribution in [3.63, 3.8) is 0 Å². The van der Waals surface area contributed by atoms with Crippen LogP contribution in [0.15, 0.2) is 29.3 Å². The largest absolute Gasteiger partial charge is 0.497 e. The van der Waals surface area contributed by atoms with Crippen molar-refractivity contribution >= 4 is 11.6 Å². The van der Waals surface area contributed by atoms with Gasteiger partial charge in [0.25, 0.3) is 0 Å². The standard InChI is InChI=1S/C23H39N5O/c1-20-8-7-13-26(19-20)12-5-4-11-25-23(24-2)28-16-14-27(15-17-28)21-9-6-10-22(18-21)29-3/h6,9-10,18,20H,4-5,7-8,11-17,19H2,1-3H3,(H,24,25). The van der Waals surface area contributed by atoms with Crippen LogP contribution in [0.5, 0.6) is 5.75 Å². The molecule has 1 aromatic carbocycles. The second-order valence-electron chi connectivity index (χ2n) is 8.40. The molecule has 2 saturated heterocycles. The first-order chi connectivity index (χ1) is 14.2. The third-order valence-electron chi connectivity index (χ3n) is 6.13. The van der Waals surface area contributed by atoms with Crippen LogP contribution in [0.25, 0.3) is 0 Å². The summed E-state index contributed by atoms with van der Waals surface area (Å²) < 4.78 is 5.36. The van der Waals surface area contributed by atoms with Crippen molar-refractivity contribution in [2.75, 3.05) is 71.4 Å². The maximum atomic E-state index is 5.36. The maximum absolute atomic E-state index is 5.36. The number of guanidine groups is 1. The Balaban J connectivity index is 1.35. The molecule has 0 amide bonds. The zero-order chi connectivity index (χ0) is 20.5. The Morgan fingerprint density at radius 2 is 2.00 bits per heavy atom. The number of nitrogens with one attached hydrogen (secondary N) is 1. The molecule has 1 unspecified atom stereocenters. The van der Waals surface area contributed by atoms with Gasteiger partial charge in [-0.3, -0.25) is 4.99 Å². The summed E-state index contributed by atoms with van der Waals surface area (Å²) in [7, 11) is 3.62. The number of unbranched alkanes of at least 4 members (excludes halogenated alkanes) is 1. The first-order valence-corrected chi connectivity index (χ1v) is 11.3. The molecule has 0 bridgehead atoms. The molecule has 0 spiro atoms. The lowest BCUT2D eigenvalue weighted by atomic mass is 10.0. The predicted molar refractivity (Wildman–Crippen MR) is 122 cm³/mol. The van der Waals surface area contributed by atoms with Crippen LogP contribution in [-0.2, 0) is 0 Å². The topological polar surface area (TPSA) is 43.3 Å². The number of hydrogen-bond acceptors (Lipinski definition) is 4. The molecular weight excluding hydrogens is 362 g/mol. The highest BCUT2D eigenvalue weighted by Crippen LogP contribution is 2.22. The van der Waals surface area contributed by atoms with Crippen LogP contribution in [-0.4, -0.2) is 82.3 Å². The molecule has 1 N–H and O–H groups in total. The number of piperidine rings is 1. The van der Waals surface area contributed by atoms with Gasteiger partial charge in [-0.1, -0.05) is 13.0 Å². The van der Waals surface area contributed by atoms with Gasteiger partial charge in [0, 0.05) is 58.1 Å². The van der Waals surface area contributed by atoms with E-state index < -0.39 is 0 Å². The quantitative estimate of drug-likeness (QED) is 0.432. The van der Waals surface area contributed by atoms with E-state index in [-0.39, 0.29) is 0 Å². The van der Waals surface area contributed by atoms with E-state index in [9.17, 15) is 0 Å². The van der Waals surface area contributed by atoms with Gasteiger partial charge in [-0.25, -0.2) is 0 Å². The SMILES string of the molecule is CN=C(NCCCCN1CCCC(C)C1)N1CCN(c2cccc(OC)c2)CC1. The fraction of sp³-hybridized carbons (Fsp3) is 0.696. The van der Waals surface area contributed by atoms with Gasteiger partial charge < -0.3 is 24.8 Å². The lowest BCUT2D eigenvalue weighted by Crippen LogP contribution is -2.52. The molecule has 1 atom stereocenters. The van der Waals surface area contributed by atoms with Crippen molar-refractivity contribution in [2.24, 2.45) is 10.9 Å². The van der Waals surface area contributed by atoms with E-state index in [1.165, 1.54) is 51.0 Å². The van der Waals surface area contributed by atoms with E-state index >= 15 is 0 Å². The Kier molecular flexibility index (Phi) is 8.47. The maximum Gasteiger partial charge on any atom is 0.193 e. The van der Waals surface area contributed by atoms with Crippen molar-refractivity contribution in [3.8, 4) is 5.75 Å². The summed E-state index contributed by atoms with van der Waals surface area (Å²) in [6, 6.07) is 8.34. The average molecular weight is 402 g/mol. The van der Waals surface area contributed by atoms with Crippen LogP contribution < -0.4 is 15.0 Å². The van der Waals surface area contributed by atoms with Gasteiger partial charge in [-0.2, -0.15) is 0 Å². The van der Waals surface area contributed by atoms with Gasteiger partial charge in [-0.15, -0.1) is 0 Å². The Bertz CT molecular complexity index is 642. The number of rotatable bonds is 7. The van der Waals surface area contributed by atoms with Gasteiger partial charge in [0.2, 0.25) is 0 Å². The first-order valence-electron chi connectivity index (χ1n) is 11.3. The number of benzene rings is 1. The van der Waals surface area contributed by atoms with E-state index in [2.05, 4.69) is 50.1 Å². The highest BCUT2D eigenvalue weighted by Gasteiger charge is 2.20. The summed E-state index contributed by atoms with van der Waals surface area (Å²) in [5.74, 6) is 2.83. The third kappa shape index (κ3) is 6.53. The smallest absolute Gasteiger partial charge is 0.193 e. The highest BCUT2D eigenvalue weighted by atomic mass is 16.5. The molecule has 1 aromatic rings. The lowest BCUT2D eigenvalue weighted by Gasteiger charge is -2.37. The van der Waals surface area contributed by atoms with E-state index in [0.717, 1.165) is 50.4 Å². The molecule has 2 heterocycles. The Morgan fingerprint density at radius 3 is 2.72 bits per heavy atom. The summed E-state index contributed by atoms with van der Waals surface area (Å²) in [6.45, 7) is 11.2. The van der Waals surface area contributed by atoms with Crippen LogP contribution in [0.2, 0.25) is 0 Å². The molecule has 3 rings (SSSR count). The van der Waals surface area contributed by atoms with Crippen molar-refractivity contribution in [1.82, 2.24) is 15.1 Å². The molecule has 29 heavy (non-hydrogen) atoms. The molecule has 2 aliphatic heterocycles. The predicted octanol–water partition coefficient (Wildman–Crippen LogP) is 2.90. The van der Waals surface area contributed by atoms with E-state index in [1.807, 2.05) is 13.1 Å². The van der Waals surface area contributed by atoms with Gasteiger partial charge in [-0.05, 0) is 56.8 Å². The number of aliphatic imine (C=N–C) groups is 1. The Hall–Kier alpha value is -1.95. The average Bonchev–Trinajstić information content (AvgIpc) is 2.76. The van der Waals surface area contributed by atoms with Crippen molar-refractivity contribution in [2.45, 2.75) is 32.6 Å².